The van der Waals surface area contributed by atoms with Crippen LogP contribution in [0.25, 0.3) is 0 Å². The van der Waals surface area contributed by atoms with Crippen LogP contribution in [-0.4, -0.2) is 98.4 Å². The third-order valence-corrected chi connectivity index (χ3v) is 10.5. The first-order chi connectivity index (χ1) is 26.2. The summed E-state index contributed by atoms with van der Waals surface area (Å²) in [4.78, 5) is 7.09. The number of likely N-dealkylation sites (tertiary alicyclic amines) is 3. The Bertz CT molecular complexity index is 1480. The van der Waals surface area contributed by atoms with Gasteiger partial charge in [-0.3, -0.25) is 19.1 Å². The van der Waals surface area contributed by atoms with E-state index in [2.05, 4.69) is 75.7 Å². The summed E-state index contributed by atoms with van der Waals surface area (Å²) in [7, 11) is 0. The average Bonchev–Trinajstić information content (AvgIpc) is 3.12. The number of aryl methyl sites for hydroxylation is 2. The predicted octanol–water partition coefficient (Wildman–Crippen LogP) is 10.0. The Kier molecular flexibility index (Phi) is 20.4. The van der Waals surface area contributed by atoms with Crippen LogP contribution >= 0.6 is 0 Å². The first-order valence-electron chi connectivity index (χ1n) is 20.6. The third-order valence-electron chi connectivity index (χ3n) is 10.5. The van der Waals surface area contributed by atoms with Gasteiger partial charge in [-0.1, -0.05) is 73.1 Å². The molecule has 10 heteroatoms. The Morgan fingerprint density at radius 2 is 0.964 bits per heavy atom. The minimum atomic E-state index is -0.452. The minimum absolute atomic E-state index is 0. The van der Waals surface area contributed by atoms with Crippen LogP contribution in [0.2, 0.25) is 0 Å². The second kappa shape index (κ2) is 24.3. The van der Waals surface area contributed by atoms with Crippen LogP contribution in [0.5, 0.6) is 0 Å². The fraction of sp³-hybridized carbons (Fsp3) is 0.600. The van der Waals surface area contributed by atoms with Gasteiger partial charge in [-0.15, -0.1) is 0 Å². The molecule has 0 bridgehead atoms. The molecule has 0 radical (unpaired) electrons. The smallest absolute Gasteiger partial charge is 0.131 e. The monoisotopic (exact) mass is 771 g/mol. The van der Waals surface area contributed by atoms with E-state index in [-0.39, 0.29) is 25.5 Å². The third kappa shape index (κ3) is 14.9. The van der Waals surface area contributed by atoms with E-state index in [4.69, 9.17) is 0 Å². The maximum absolute atomic E-state index is 13.6. The fourth-order valence-electron chi connectivity index (χ4n) is 7.07. The molecule has 0 saturated carbocycles. The van der Waals surface area contributed by atoms with E-state index in [1.54, 1.807) is 13.0 Å². The van der Waals surface area contributed by atoms with Gasteiger partial charge >= 0.3 is 0 Å². The van der Waals surface area contributed by atoms with Crippen molar-refractivity contribution in [1.82, 2.24) is 14.7 Å². The number of rotatable bonds is 18. The molecule has 0 atom stereocenters. The number of hydrogen-bond acceptors (Lipinski definition) is 6. The first-order valence-corrected chi connectivity index (χ1v) is 20.6. The molecule has 3 aliphatic rings. The summed E-state index contributed by atoms with van der Waals surface area (Å²) in [6.45, 7) is 19.4. The molecule has 308 valence electrons. The number of alkyl halides is 1. The van der Waals surface area contributed by atoms with E-state index in [1.807, 2.05) is 19.1 Å². The fourth-order valence-corrected chi connectivity index (χ4v) is 7.07. The summed E-state index contributed by atoms with van der Waals surface area (Å²) in [5, 5.41) is 10.1. The second-order valence-corrected chi connectivity index (χ2v) is 15.0. The molecule has 6 nitrogen and oxygen atoms in total. The maximum Gasteiger partial charge on any atom is 0.131 e. The second-order valence-electron chi connectivity index (χ2n) is 15.0. The van der Waals surface area contributed by atoms with Gasteiger partial charge in [0.15, 0.2) is 0 Å². The first kappa shape index (κ1) is 46.0. The van der Waals surface area contributed by atoms with Crippen molar-refractivity contribution in [2.45, 2.75) is 112 Å². The van der Waals surface area contributed by atoms with Crippen LogP contribution in [-0.2, 0) is 19.3 Å². The van der Waals surface area contributed by atoms with Gasteiger partial charge in [0.25, 0.3) is 0 Å². The molecule has 0 aromatic heterocycles. The van der Waals surface area contributed by atoms with E-state index >= 15 is 0 Å². The Hall–Kier alpha value is -3.34. The minimum Gasteiger partial charge on any atom is -0.380 e. The zero-order chi connectivity index (χ0) is 38.9. The molecule has 55 heavy (non-hydrogen) atoms. The molecular weight excluding hydrogens is 701 g/mol. The lowest BCUT2D eigenvalue weighted by Gasteiger charge is -2.40. The Morgan fingerprint density at radius 1 is 0.527 bits per heavy atom. The van der Waals surface area contributed by atoms with Crippen LogP contribution in [0.15, 0.2) is 54.6 Å². The molecule has 3 aromatic carbocycles. The Morgan fingerprint density at radius 3 is 1.38 bits per heavy atom. The lowest BCUT2D eigenvalue weighted by atomic mass is 10.1. The summed E-state index contributed by atoms with van der Waals surface area (Å²) in [6.07, 6.45) is 7.81. The lowest BCUT2D eigenvalue weighted by Crippen LogP contribution is -2.54. The van der Waals surface area contributed by atoms with E-state index in [1.165, 1.54) is 55.6 Å². The number of nitrogens with one attached hydrogen (secondary N) is 3. The molecule has 0 amide bonds. The number of anilines is 3. The topological polar surface area (TPSA) is 45.8 Å². The van der Waals surface area contributed by atoms with Crippen molar-refractivity contribution < 1.29 is 17.6 Å². The predicted molar refractivity (Wildman–Crippen MR) is 226 cm³/mol. The van der Waals surface area contributed by atoms with Crippen molar-refractivity contribution in [3.63, 3.8) is 0 Å². The Balaban J connectivity index is 0.000000220. The molecule has 3 saturated heterocycles. The van der Waals surface area contributed by atoms with E-state index in [0.29, 0.717) is 36.7 Å². The molecule has 3 aromatic rings. The van der Waals surface area contributed by atoms with Gasteiger partial charge in [0, 0.05) is 68.4 Å². The van der Waals surface area contributed by atoms with E-state index in [0.717, 1.165) is 76.5 Å². The largest absolute Gasteiger partial charge is 0.380 e. The number of nitrogens with zero attached hydrogens (tertiary/aromatic N) is 3. The molecule has 6 rings (SSSR count). The van der Waals surface area contributed by atoms with Gasteiger partial charge in [0.2, 0.25) is 0 Å². The molecule has 3 aliphatic heterocycles. The summed E-state index contributed by atoms with van der Waals surface area (Å²) >= 11 is 0. The Labute approximate surface area is 330 Å². The highest BCUT2D eigenvalue weighted by atomic mass is 19.1. The normalized spacial score (nSPS) is 16.3. The van der Waals surface area contributed by atoms with Crippen LogP contribution in [0.1, 0.15) is 90.8 Å². The van der Waals surface area contributed by atoms with Gasteiger partial charge in [-0.25, -0.2) is 13.2 Å². The summed E-state index contributed by atoms with van der Waals surface area (Å²) in [5.41, 5.74) is 4.98. The molecule has 0 spiro atoms. The highest BCUT2D eigenvalue weighted by Gasteiger charge is 2.27. The maximum atomic E-state index is 13.6. The van der Waals surface area contributed by atoms with Crippen molar-refractivity contribution in [1.29, 1.82) is 0 Å². The van der Waals surface area contributed by atoms with E-state index < -0.39 is 11.6 Å². The van der Waals surface area contributed by atoms with Crippen molar-refractivity contribution >= 4 is 17.1 Å². The van der Waals surface area contributed by atoms with Crippen LogP contribution in [0.3, 0.4) is 0 Å². The molecule has 3 N–H and O–H groups in total. The SMILES string of the molecule is C.CCCCN1CC(Nc2cc(F)c(CC)c(F)c2)C1.CCCCN1CC(Nc2ccc(CC)c(F)c2)C1.CCc1ccc(NC2CN(CCCF)C2)cc1. The molecule has 3 fully saturated rings. The molecule has 0 unspecified atom stereocenters. The van der Waals surface area contributed by atoms with Gasteiger partial charge in [0.05, 0.1) is 24.8 Å². The zero-order valence-corrected chi connectivity index (χ0v) is 33.5. The van der Waals surface area contributed by atoms with Crippen LogP contribution in [0, 0.1) is 17.5 Å². The average molecular weight is 771 g/mol. The number of unbranched alkanes of at least 4 members (excludes halogenated alkanes) is 2. The number of benzene rings is 3. The van der Waals surface area contributed by atoms with Gasteiger partial charge < -0.3 is 16.0 Å². The molecular formula is C45H70F4N6. The lowest BCUT2D eigenvalue weighted by molar-refractivity contribution is 0.155. The van der Waals surface area contributed by atoms with Crippen LogP contribution < -0.4 is 16.0 Å². The van der Waals surface area contributed by atoms with E-state index in [9.17, 15) is 17.6 Å². The standard InChI is InChI=1S/C15H22F2N2.C15H23FN2.C14H21FN2.CH4/c1-3-5-6-19-9-12(10-19)18-11-7-14(16)13(4-2)15(17)8-11;1-3-5-8-18-10-14(11-18)17-13-7-6-12(4-2)15(16)9-13;1-2-12-4-6-13(7-5-12)16-14-10-17(11-14)9-3-8-15;/h7-8,12,18H,3-6,9-10H2,1-2H3;6-7,9,14,17H,3-5,8,10-11H2,1-2H3;4-7,14,16H,2-3,8-11H2,1H3;1H4. The molecule has 0 aliphatic carbocycles. The van der Waals surface area contributed by atoms with Crippen molar-refractivity contribution in [2.24, 2.45) is 0 Å². The van der Waals surface area contributed by atoms with Gasteiger partial charge in [0.1, 0.15) is 17.5 Å². The highest BCUT2D eigenvalue weighted by Crippen LogP contribution is 2.23. The summed E-state index contributed by atoms with van der Waals surface area (Å²) in [6, 6.07) is 18.2. The number of hydrogen-bond donors (Lipinski definition) is 3. The zero-order valence-electron chi connectivity index (χ0n) is 33.5. The van der Waals surface area contributed by atoms with Crippen molar-refractivity contribution in [3.8, 4) is 0 Å². The van der Waals surface area contributed by atoms with Crippen molar-refractivity contribution in [3.05, 3.63) is 88.7 Å². The van der Waals surface area contributed by atoms with Gasteiger partial charge in [-0.2, -0.15) is 0 Å². The van der Waals surface area contributed by atoms with Crippen molar-refractivity contribution in [2.75, 3.05) is 81.5 Å². The highest BCUT2D eigenvalue weighted by molar-refractivity contribution is 5.48. The summed E-state index contributed by atoms with van der Waals surface area (Å²) in [5.74, 6) is -0.996. The van der Waals surface area contributed by atoms with Crippen LogP contribution in [0.4, 0.5) is 34.6 Å². The molecule has 3 heterocycles. The van der Waals surface area contributed by atoms with Gasteiger partial charge in [-0.05, 0) is 99.1 Å². The quantitative estimate of drug-likeness (QED) is 0.112. The number of halogens is 4. The summed E-state index contributed by atoms with van der Waals surface area (Å²) < 4.78 is 52.9.